The molecule has 0 saturated heterocycles. The minimum absolute atomic E-state index is 0.154. The van der Waals surface area contributed by atoms with Crippen LogP contribution in [0.2, 0.25) is 0 Å². The fourth-order valence-electron chi connectivity index (χ4n) is 2.58. The van der Waals surface area contributed by atoms with E-state index in [1.165, 1.54) is 0 Å². The van der Waals surface area contributed by atoms with Crippen molar-refractivity contribution >= 4 is 34.6 Å². The zero-order chi connectivity index (χ0) is 19.2. The van der Waals surface area contributed by atoms with Gasteiger partial charge in [-0.15, -0.1) is 0 Å². The highest BCUT2D eigenvalue weighted by Crippen LogP contribution is 2.39. The fraction of sp³-hybridized carbons (Fsp3) is 0.0500. The molecule has 0 unspecified atom stereocenters. The van der Waals surface area contributed by atoms with Crippen molar-refractivity contribution in [2.24, 2.45) is 0 Å². The third kappa shape index (κ3) is 4.21. The summed E-state index contributed by atoms with van der Waals surface area (Å²) in [6.45, 7) is -0.552. The first kappa shape index (κ1) is 17.9. The first-order valence-corrected chi connectivity index (χ1v) is 7.98. The third-order valence-electron chi connectivity index (χ3n) is 3.65. The summed E-state index contributed by atoms with van der Waals surface area (Å²) in [5.74, 6) is -0.626. The van der Waals surface area contributed by atoms with Crippen LogP contribution in [0.3, 0.4) is 0 Å². The zero-order valence-corrected chi connectivity index (χ0v) is 14.0. The largest absolute Gasteiger partial charge is 0.481 e. The van der Waals surface area contributed by atoms with Gasteiger partial charge in [0.25, 0.3) is 5.91 Å². The summed E-state index contributed by atoms with van der Waals surface area (Å²) in [4.78, 5) is 33.1. The van der Waals surface area contributed by atoms with Gasteiger partial charge in [-0.25, -0.2) is 4.79 Å². The first-order chi connectivity index (χ1) is 13.1. The van der Waals surface area contributed by atoms with Gasteiger partial charge in [-0.2, -0.15) is 0 Å². The molecule has 2 N–H and O–H groups in total. The summed E-state index contributed by atoms with van der Waals surface area (Å²) in [7, 11) is 0. The SMILES string of the molecule is O=CC(=O)Nc1ccc(Oc2ccccc2)c2cccc(OCC(=O)O)c12. The molecule has 0 aliphatic rings. The van der Waals surface area contributed by atoms with Gasteiger partial charge >= 0.3 is 5.97 Å². The molecule has 0 saturated carbocycles. The number of amides is 1. The number of carbonyl (C=O) groups is 3. The molecule has 7 nitrogen and oxygen atoms in total. The van der Waals surface area contributed by atoms with Crippen LogP contribution >= 0.6 is 0 Å². The lowest BCUT2D eigenvalue weighted by molar-refractivity contribution is -0.139. The van der Waals surface area contributed by atoms with E-state index in [0.717, 1.165) is 0 Å². The molecule has 0 bridgehead atoms. The van der Waals surface area contributed by atoms with Gasteiger partial charge in [-0.1, -0.05) is 30.3 Å². The number of carboxylic acids is 1. The number of aldehydes is 1. The highest BCUT2D eigenvalue weighted by Gasteiger charge is 2.15. The van der Waals surface area contributed by atoms with E-state index in [-0.39, 0.29) is 12.0 Å². The van der Waals surface area contributed by atoms with Crippen LogP contribution < -0.4 is 14.8 Å². The molecule has 0 fully saturated rings. The highest BCUT2D eigenvalue weighted by atomic mass is 16.5. The number of fused-ring (bicyclic) bond motifs is 1. The van der Waals surface area contributed by atoms with Crippen molar-refractivity contribution in [2.75, 3.05) is 11.9 Å². The number of benzene rings is 3. The molecule has 27 heavy (non-hydrogen) atoms. The molecule has 136 valence electrons. The number of aliphatic carboxylic acids is 1. The predicted molar refractivity (Wildman–Crippen MR) is 98.3 cm³/mol. The maximum absolute atomic E-state index is 11.5. The fourth-order valence-corrected chi connectivity index (χ4v) is 2.58. The Labute approximate surface area is 154 Å². The number of hydrogen-bond acceptors (Lipinski definition) is 5. The summed E-state index contributed by atoms with van der Waals surface area (Å²) in [6.07, 6.45) is 0.154. The number of ether oxygens (including phenoxy) is 2. The summed E-state index contributed by atoms with van der Waals surface area (Å²) in [5.41, 5.74) is 0.309. The predicted octanol–water partition coefficient (Wildman–Crippen LogP) is 3.23. The van der Waals surface area contributed by atoms with Crippen LogP contribution in [-0.4, -0.2) is 29.9 Å². The molecule has 1 amide bonds. The van der Waals surface area contributed by atoms with Crippen molar-refractivity contribution in [2.45, 2.75) is 0 Å². The topological polar surface area (TPSA) is 102 Å². The van der Waals surface area contributed by atoms with Crippen molar-refractivity contribution in [3.8, 4) is 17.2 Å². The summed E-state index contributed by atoms with van der Waals surface area (Å²) < 4.78 is 11.3. The van der Waals surface area contributed by atoms with Gasteiger partial charge in [0.05, 0.1) is 11.1 Å². The van der Waals surface area contributed by atoms with Crippen molar-refractivity contribution in [3.05, 3.63) is 60.7 Å². The minimum atomic E-state index is -1.14. The lowest BCUT2D eigenvalue weighted by Crippen LogP contribution is -2.13. The summed E-state index contributed by atoms with van der Waals surface area (Å²) in [5, 5.41) is 12.4. The van der Waals surface area contributed by atoms with Crippen LogP contribution in [0.5, 0.6) is 17.2 Å². The number of para-hydroxylation sites is 1. The van der Waals surface area contributed by atoms with Crippen LogP contribution in [-0.2, 0) is 14.4 Å². The van der Waals surface area contributed by atoms with Gasteiger partial charge < -0.3 is 19.9 Å². The Balaban J connectivity index is 2.11. The molecule has 0 heterocycles. The first-order valence-electron chi connectivity index (χ1n) is 7.98. The lowest BCUT2D eigenvalue weighted by atomic mass is 10.1. The monoisotopic (exact) mass is 365 g/mol. The second-order valence-corrected chi connectivity index (χ2v) is 5.49. The molecule has 7 heteroatoms. The molecular weight excluding hydrogens is 350 g/mol. The molecule has 0 aliphatic carbocycles. The smallest absolute Gasteiger partial charge is 0.341 e. The number of hydrogen-bond donors (Lipinski definition) is 2. The van der Waals surface area contributed by atoms with Crippen molar-refractivity contribution in [1.29, 1.82) is 0 Å². The Morgan fingerprint density at radius 3 is 2.44 bits per heavy atom. The normalized spacial score (nSPS) is 10.2. The van der Waals surface area contributed by atoms with E-state index in [0.29, 0.717) is 28.0 Å². The quantitative estimate of drug-likeness (QED) is 0.492. The maximum Gasteiger partial charge on any atom is 0.341 e. The van der Waals surface area contributed by atoms with Gasteiger partial charge in [0.15, 0.2) is 6.61 Å². The van der Waals surface area contributed by atoms with Gasteiger partial charge in [-0.3, -0.25) is 9.59 Å². The molecule has 3 aromatic carbocycles. The molecule has 0 aromatic heterocycles. The van der Waals surface area contributed by atoms with E-state index in [1.807, 2.05) is 18.2 Å². The van der Waals surface area contributed by atoms with E-state index >= 15 is 0 Å². The Hall–Kier alpha value is -3.87. The second kappa shape index (κ2) is 8.01. The van der Waals surface area contributed by atoms with E-state index in [4.69, 9.17) is 14.6 Å². The molecule has 0 aliphatic heterocycles. The number of carboxylic acid groups (broad SMARTS) is 1. The Kier molecular flexibility index (Phi) is 5.32. The zero-order valence-electron chi connectivity index (χ0n) is 14.0. The Morgan fingerprint density at radius 2 is 1.74 bits per heavy atom. The molecule has 3 rings (SSSR count). The average Bonchev–Trinajstić information content (AvgIpc) is 2.68. The summed E-state index contributed by atoms with van der Waals surface area (Å²) >= 11 is 0. The number of rotatable bonds is 7. The standard InChI is InChI=1S/C20H15NO6/c22-11-18(23)21-15-9-10-16(27-13-5-2-1-3-6-13)14-7-4-8-17(20(14)15)26-12-19(24)25/h1-11H,12H2,(H,21,23)(H,24,25). The maximum atomic E-state index is 11.5. The van der Waals surface area contributed by atoms with E-state index in [2.05, 4.69) is 5.32 Å². The van der Waals surface area contributed by atoms with E-state index < -0.39 is 18.5 Å². The van der Waals surface area contributed by atoms with Gasteiger partial charge in [0.2, 0.25) is 6.29 Å². The second-order valence-electron chi connectivity index (χ2n) is 5.49. The van der Waals surface area contributed by atoms with Crippen molar-refractivity contribution < 1.29 is 29.0 Å². The highest BCUT2D eigenvalue weighted by molar-refractivity contribution is 6.30. The molecular formula is C20H15NO6. The minimum Gasteiger partial charge on any atom is -0.481 e. The number of anilines is 1. The van der Waals surface area contributed by atoms with Gasteiger partial charge in [0.1, 0.15) is 17.2 Å². The summed E-state index contributed by atoms with van der Waals surface area (Å²) in [6, 6.07) is 17.3. The molecule has 0 atom stereocenters. The number of nitrogens with one attached hydrogen (secondary N) is 1. The molecule has 0 radical (unpaired) electrons. The van der Waals surface area contributed by atoms with Crippen molar-refractivity contribution in [3.63, 3.8) is 0 Å². The van der Waals surface area contributed by atoms with E-state index in [1.54, 1.807) is 42.5 Å². The van der Waals surface area contributed by atoms with E-state index in [9.17, 15) is 14.4 Å². The van der Waals surface area contributed by atoms with Crippen LogP contribution in [0.4, 0.5) is 5.69 Å². The lowest BCUT2D eigenvalue weighted by Gasteiger charge is -2.15. The third-order valence-corrected chi connectivity index (χ3v) is 3.65. The van der Waals surface area contributed by atoms with Crippen LogP contribution in [0.15, 0.2) is 60.7 Å². The van der Waals surface area contributed by atoms with Crippen LogP contribution in [0.25, 0.3) is 10.8 Å². The van der Waals surface area contributed by atoms with Crippen LogP contribution in [0.1, 0.15) is 0 Å². The Morgan fingerprint density at radius 1 is 0.963 bits per heavy atom. The van der Waals surface area contributed by atoms with Crippen LogP contribution in [0, 0.1) is 0 Å². The van der Waals surface area contributed by atoms with Gasteiger partial charge in [0, 0.05) is 5.39 Å². The molecule has 0 spiro atoms. The molecule has 3 aromatic rings. The van der Waals surface area contributed by atoms with Crippen molar-refractivity contribution in [1.82, 2.24) is 0 Å². The van der Waals surface area contributed by atoms with Gasteiger partial charge in [-0.05, 0) is 30.3 Å². The number of carbonyl (C=O) groups excluding carboxylic acids is 2. The average molecular weight is 365 g/mol. The Bertz CT molecular complexity index is 1000.